The van der Waals surface area contributed by atoms with Crippen molar-refractivity contribution in [1.82, 2.24) is 20.9 Å². The maximum atomic E-state index is 5.46. The summed E-state index contributed by atoms with van der Waals surface area (Å²) in [6.45, 7) is 0.579. The number of hydrogen-bond donors (Lipinski definition) is 4. The zero-order valence-electron chi connectivity index (χ0n) is 9.95. The number of aromatic amines is 1. The maximum Gasteiger partial charge on any atom is 0.206 e. The van der Waals surface area contributed by atoms with Crippen LogP contribution in [0.4, 0.5) is 0 Å². The molecule has 1 heterocycles. The van der Waals surface area contributed by atoms with E-state index >= 15 is 0 Å². The second-order valence-corrected chi connectivity index (χ2v) is 4.39. The van der Waals surface area contributed by atoms with Gasteiger partial charge in [-0.2, -0.15) is 5.10 Å². The number of nitrogens with zero attached hydrogens (tertiary/aromatic N) is 2. The highest BCUT2D eigenvalue weighted by Crippen LogP contribution is 2.17. The van der Waals surface area contributed by atoms with E-state index in [4.69, 9.17) is 5.84 Å². The molecule has 6 nitrogen and oxygen atoms in total. The van der Waals surface area contributed by atoms with E-state index in [0.29, 0.717) is 18.5 Å². The molecular formula is C11H20N6. The molecule has 94 valence electrons. The van der Waals surface area contributed by atoms with Crippen molar-refractivity contribution in [3.63, 3.8) is 0 Å². The van der Waals surface area contributed by atoms with Crippen LogP contribution in [-0.2, 0) is 6.54 Å². The highest BCUT2D eigenvalue weighted by Gasteiger charge is 2.13. The topological polar surface area (TPSA) is 91.1 Å². The summed E-state index contributed by atoms with van der Waals surface area (Å²) in [5.41, 5.74) is 3.66. The molecule has 0 aliphatic heterocycles. The van der Waals surface area contributed by atoms with Crippen molar-refractivity contribution in [1.29, 1.82) is 0 Å². The first kappa shape index (κ1) is 11.9. The van der Waals surface area contributed by atoms with Crippen LogP contribution in [0.1, 0.15) is 37.7 Å². The number of H-pyrrole nitrogens is 1. The number of nitrogens with one attached hydrogen (secondary N) is 3. The van der Waals surface area contributed by atoms with Gasteiger partial charge in [0.2, 0.25) is 5.96 Å². The molecule has 0 aromatic carbocycles. The van der Waals surface area contributed by atoms with Crippen LogP contribution in [0, 0.1) is 0 Å². The van der Waals surface area contributed by atoms with E-state index in [-0.39, 0.29) is 0 Å². The van der Waals surface area contributed by atoms with Crippen molar-refractivity contribution in [2.24, 2.45) is 10.8 Å². The molecule has 2 rings (SSSR count). The Kier molecular flexibility index (Phi) is 4.37. The zero-order chi connectivity index (χ0) is 11.9. The van der Waals surface area contributed by atoms with Crippen molar-refractivity contribution >= 4 is 5.96 Å². The first-order valence-corrected chi connectivity index (χ1v) is 6.14. The van der Waals surface area contributed by atoms with E-state index < -0.39 is 0 Å². The predicted molar refractivity (Wildman–Crippen MR) is 67.1 cm³/mol. The number of hydrazine groups is 1. The van der Waals surface area contributed by atoms with Gasteiger partial charge in [-0.05, 0) is 12.8 Å². The molecule has 0 saturated heterocycles. The Morgan fingerprint density at radius 1 is 1.47 bits per heavy atom. The summed E-state index contributed by atoms with van der Waals surface area (Å²) in [5, 5.41) is 9.99. The van der Waals surface area contributed by atoms with Crippen LogP contribution in [0.5, 0.6) is 0 Å². The summed E-state index contributed by atoms with van der Waals surface area (Å²) in [4.78, 5) is 4.39. The Morgan fingerprint density at radius 2 is 2.29 bits per heavy atom. The van der Waals surface area contributed by atoms with Gasteiger partial charge in [-0.25, -0.2) is 10.8 Å². The molecule has 1 aromatic heterocycles. The molecule has 0 atom stereocenters. The standard InChI is InChI=1S/C11H20N6/c12-17-11(13-6-9-7-14-15-8-9)16-10-4-2-1-3-5-10/h7-8,10H,1-6,12H2,(H,14,15)(H2,13,16,17). The van der Waals surface area contributed by atoms with Crippen molar-refractivity contribution < 1.29 is 0 Å². The third-order valence-electron chi connectivity index (χ3n) is 3.06. The van der Waals surface area contributed by atoms with Gasteiger partial charge in [0.25, 0.3) is 0 Å². The first-order valence-electron chi connectivity index (χ1n) is 6.14. The minimum atomic E-state index is 0.503. The third kappa shape index (κ3) is 3.74. The van der Waals surface area contributed by atoms with Crippen LogP contribution < -0.4 is 16.6 Å². The van der Waals surface area contributed by atoms with Gasteiger partial charge in [0.05, 0.1) is 12.7 Å². The molecule has 5 N–H and O–H groups in total. The summed E-state index contributed by atoms with van der Waals surface area (Å²) >= 11 is 0. The maximum absolute atomic E-state index is 5.46. The largest absolute Gasteiger partial charge is 0.353 e. The number of aromatic nitrogens is 2. The highest BCUT2D eigenvalue weighted by molar-refractivity contribution is 5.79. The Balaban J connectivity index is 1.84. The second-order valence-electron chi connectivity index (χ2n) is 4.39. The van der Waals surface area contributed by atoms with Gasteiger partial charge in [-0.15, -0.1) is 0 Å². The van der Waals surface area contributed by atoms with Gasteiger partial charge in [-0.1, -0.05) is 19.3 Å². The second kappa shape index (κ2) is 6.24. The summed E-state index contributed by atoms with van der Waals surface area (Å²) < 4.78 is 0. The Morgan fingerprint density at radius 3 is 2.94 bits per heavy atom. The number of nitrogens with two attached hydrogens (primary N) is 1. The molecule has 0 spiro atoms. The van der Waals surface area contributed by atoms with Crippen LogP contribution in [0.3, 0.4) is 0 Å². The third-order valence-corrected chi connectivity index (χ3v) is 3.06. The van der Waals surface area contributed by atoms with E-state index in [2.05, 4.69) is 25.9 Å². The molecule has 1 aromatic rings. The molecule has 0 unspecified atom stereocenters. The number of rotatable bonds is 3. The molecule has 17 heavy (non-hydrogen) atoms. The predicted octanol–water partition coefficient (Wildman–Crippen LogP) is 0.651. The average molecular weight is 236 g/mol. The van der Waals surface area contributed by atoms with Crippen molar-refractivity contribution in [2.45, 2.75) is 44.7 Å². The minimum absolute atomic E-state index is 0.503. The lowest BCUT2D eigenvalue weighted by atomic mass is 9.96. The van der Waals surface area contributed by atoms with Crippen LogP contribution >= 0.6 is 0 Å². The van der Waals surface area contributed by atoms with Gasteiger partial charge in [-0.3, -0.25) is 10.5 Å². The summed E-state index contributed by atoms with van der Waals surface area (Å²) in [5.74, 6) is 6.13. The Bertz CT molecular complexity index is 339. The number of aliphatic imine (C=N–C) groups is 1. The van der Waals surface area contributed by atoms with Crippen LogP contribution in [0.15, 0.2) is 17.4 Å². The van der Waals surface area contributed by atoms with Gasteiger partial charge >= 0.3 is 0 Å². The van der Waals surface area contributed by atoms with Crippen molar-refractivity contribution in [3.05, 3.63) is 18.0 Å². The molecule has 0 radical (unpaired) electrons. The molecular weight excluding hydrogens is 216 g/mol. The Labute approximate surface area is 101 Å². The van der Waals surface area contributed by atoms with E-state index in [1.165, 1.54) is 32.1 Å². The molecule has 1 saturated carbocycles. The van der Waals surface area contributed by atoms with E-state index in [1.807, 2.05) is 6.20 Å². The van der Waals surface area contributed by atoms with Crippen molar-refractivity contribution in [3.8, 4) is 0 Å². The molecule has 1 aliphatic rings. The molecule has 1 fully saturated rings. The van der Waals surface area contributed by atoms with Crippen molar-refractivity contribution in [2.75, 3.05) is 0 Å². The minimum Gasteiger partial charge on any atom is -0.353 e. The van der Waals surface area contributed by atoms with E-state index in [1.54, 1.807) is 6.20 Å². The molecule has 6 heteroatoms. The van der Waals surface area contributed by atoms with Crippen LogP contribution in [-0.4, -0.2) is 22.2 Å². The smallest absolute Gasteiger partial charge is 0.206 e. The fraction of sp³-hybridized carbons (Fsp3) is 0.636. The number of guanidine groups is 1. The SMILES string of the molecule is NNC(=NCc1cn[nH]c1)NC1CCCCC1. The van der Waals surface area contributed by atoms with Gasteiger partial charge in [0, 0.05) is 17.8 Å². The normalized spacial score (nSPS) is 18.1. The lowest BCUT2D eigenvalue weighted by molar-refractivity contribution is 0.410. The highest BCUT2D eigenvalue weighted by atomic mass is 15.3. The van der Waals surface area contributed by atoms with Crippen LogP contribution in [0.2, 0.25) is 0 Å². The first-order chi connectivity index (χ1) is 8.38. The lowest BCUT2D eigenvalue weighted by Gasteiger charge is -2.24. The summed E-state index contributed by atoms with van der Waals surface area (Å²) in [6, 6.07) is 0.503. The molecule has 0 amide bonds. The number of hydrogen-bond acceptors (Lipinski definition) is 3. The summed E-state index contributed by atoms with van der Waals surface area (Å²) in [6.07, 6.45) is 9.92. The van der Waals surface area contributed by atoms with Gasteiger partial charge in [0.1, 0.15) is 0 Å². The van der Waals surface area contributed by atoms with Gasteiger partial charge in [0.15, 0.2) is 0 Å². The lowest BCUT2D eigenvalue weighted by Crippen LogP contribution is -2.47. The monoisotopic (exact) mass is 236 g/mol. The van der Waals surface area contributed by atoms with E-state index in [9.17, 15) is 0 Å². The van der Waals surface area contributed by atoms with Crippen LogP contribution in [0.25, 0.3) is 0 Å². The fourth-order valence-electron chi connectivity index (χ4n) is 2.11. The molecule has 1 aliphatic carbocycles. The average Bonchev–Trinajstić information content (AvgIpc) is 2.89. The van der Waals surface area contributed by atoms with E-state index in [0.717, 1.165) is 5.56 Å². The Hall–Kier alpha value is -1.56. The van der Waals surface area contributed by atoms with Gasteiger partial charge < -0.3 is 5.32 Å². The summed E-state index contributed by atoms with van der Waals surface area (Å²) in [7, 11) is 0. The zero-order valence-corrected chi connectivity index (χ0v) is 9.95. The quantitative estimate of drug-likeness (QED) is 0.268. The molecule has 0 bridgehead atoms. The fourth-order valence-corrected chi connectivity index (χ4v) is 2.11.